The molecule has 1 aromatic rings. The summed E-state index contributed by atoms with van der Waals surface area (Å²) in [7, 11) is 3.13. The zero-order chi connectivity index (χ0) is 14.8. The molecular weight excluding hydrogens is 360 g/mol. The highest BCUT2D eigenvalue weighted by molar-refractivity contribution is 9.10. The van der Waals surface area contributed by atoms with Crippen LogP contribution in [-0.2, 0) is 20.7 Å². The van der Waals surface area contributed by atoms with Crippen LogP contribution in [0.25, 0.3) is 0 Å². The first kappa shape index (κ1) is 20.3. The molecule has 0 saturated heterocycles. The van der Waals surface area contributed by atoms with Crippen molar-refractivity contribution in [3.63, 3.8) is 0 Å². The third-order valence-electron chi connectivity index (χ3n) is 2.75. The van der Waals surface area contributed by atoms with Crippen LogP contribution >= 0.6 is 28.3 Å². The van der Waals surface area contributed by atoms with Crippen LogP contribution in [0.2, 0.25) is 0 Å². The van der Waals surface area contributed by atoms with Gasteiger partial charge in [0.1, 0.15) is 0 Å². The first-order chi connectivity index (χ1) is 9.65. The number of carbonyl (C=O) groups is 1. The summed E-state index contributed by atoms with van der Waals surface area (Å²) in [4.78, 5) is 11.6. The topological polar surface area (TPSA) is 59.6 Å². The molecule has 0 atom stereocenters. The summed E-state index contributed by atoms with van der Waals surface area (Å²) in [5.41, 5.74) is 1.19. The lowest BCUT2D eigenvalue weighted by molar-refractivity contribution is -0.121. The molecule has 0 unspecified atom stereocenters. The van der Waals surface area contributed by atoms with Gasteiger partial charge in [-0.05, 0) is 24.1 Å². The minimum Gasteiger partial charge on any atom is -0.355 e. The summed E-state index contributed by atoms with van der Waals surface area (Å²) >= 11 is 3.42. The second kappa shape index (κ2) is 11.9. The van der Waals surface area contributed by atoms with Crippen molar-refractivity contribution in [2.24, 2.45) is 0 Å². The Hall–Kier alpha value is -0.660. The molecule has 120 valence electrons. The highest BCUT2D eigenvalue weighted by atomic mass is 79.9. The number of carbonyl (C=O) groups excluding carboxylic acids is 1. The zero-order valence-electron chi connectivity index (χ0n) is 12.2. The number of ether oxygens (including phenoxy) is 2. The number of amides is 1. The molecule has 0 saturated carbocycles. The van der Waals surface area contributed by atoms with Gasteiger partial charge in [0.15, 0.2) is 6.29 Å². The van der Waals surface area contributed by atoms with Gasteiger partial charge in [-0.2, -0.15) is 0 Å². The van der Waals surface area contributed by atoms with E-state index in [1.165, 1.54) is 5.56 Å². The number of methoxy groups -OCH3 is 2. The molecule has 1 rings (SSSR count). The van der Waals surface area contributed by atoms with E-state index < -0.39 is 0 Å². The van der Waals surface area contributed by atoms with Crippen molar-refractivity contribution < 1.29 is 14.3 Å². The van der Waals surface area contributed by atoms with Crippen LogP contribution in [0.1, 0.15) is 5.56 Å². The third-order valence-corrected chi connectivity index (χ3v) is 3.24. The van der Waals surface area contributed by atoms with Crippen molar-refractivity contribution in [1.29, 1.82) is 0 Å². The first-order valence-corrected chi connectivity index (χ1v) is 7.22. The SMILES string of the molecule is COC(CNCC(=O)NCCc1cccc(Br)c1)OC.Cl. The number of hydrogen-bond acceptors (Lipinski definition) is 4. The molecule has 1 amide bonds. The molecule has 0 heterocycles. The van der Waals surface area contributed by atoms with Crippen molar-refractivity contribution in [2.75, 3.05) is 33.9 Å². The zero-order valence-corrected chi connectivity index (χ0v) is 14.6. The first-order valence-electron chi connectivity index (χ1n) is 6.43. The lowest BCUT2D eigenvalue weighted by atomic mass is 10.1. The third kappa shape index (κ3) is 9.06. The van der Waals surface area contributed by atoms with E-state index in [0.717, 1.165) is 10.9 Å². The van der Waals surface area contributed by atoms with Gasteiger partial charge in [0.05, 0.1) is 6.54 Å². The summed E-state index contributed by atoms with van der Waals surface area (Å²) < 4.78 is 11.1. The van der Waals surface area contributed by atoms with Crippen molar-refractivity contribution in [3.05, 3.63) is 34.3 Å². The Morgan fingerprint density at radius 3 is 2.67 bits per heavy atom. The molecule has 7 heteroatoms. The molecule has 0 fully saturated rings. The Morgan fingerprint density at radius 2 is 2.05 bits per heavy atom. The van der Waals surface area contributed by atoms with Gasteiger partial charge in [0.2, 0.25) is 5.91 Å². The average molecular weight is 382 g/mol. The summed E-state index contributed by atoms with van der Waals surface area (Å²) in [6.07, 6.45) is 0.480. The van der Waals surface area contributed by atoms with E-state index in [-0.39, 0.29) is 31.1 Å². The van der Waals surface area contributed by atoms with Crippen LogP contribution in [0.15, 0.2) is 28.7 Å². The molecule has 0 bridgehead atoms. The summed E-state index contributed by atoms with van der Waals surface area (Å²) in [5.74, 6) is -0.0362. The van der Waals surface area contributed by atoms with Crippen molar-refractivity contribution in [1.82, 2.24) is 10.6 Å². The molecule has 1 aromatic carbocycles. The number of hydrogen-bond donors (Lipinski definition) is 2. The summed E-state index contributed by atoms with van der Waals surface area (Å²) in [6, 6.07) is 8.05. The normalized spacial score (nSPS) is 10.3. The van der Waals surface area contributed by atoms with Crippen LogP contribution in [0.4, 0.5) is 0 Å². The lowest BCUT2D eigenvalue weighted by Crippen LogP contribution is -2.38. The van der Waals surface area contributed by atoms with Gasteiger partial charge in [-0.3, -0.25) is 4.79 Å². The molecule has 0 aromatic heterocycles. The van der Waals surface area contributed by atoms with Crippen LogP contribution < -0.4 is 10.6 Å². The summed E-state index contributed by atoms with van der Waals surface area (Å²) in [5, 5.41) is 5.84. The minimum absolute atomic E-state index is 0. The van der Waals surface area contributed by atoms with E-state index in [1.807, 2.05) is 24.3 Å². The molecule has 0 aliphatic carbocycles. The molecule has 2 N–H and O–H groups in total. The van der Waals surface area contributed by atoms with Gasteiger partial charge in [0, 0.05) is 31.8 Å². The van der Waals surface area contributed by atoms with Gasteiger partial charge in [-0.25, -0.2) is 0 Å². The Balaban J connectivity index is 0.00000400. The monoisotopic (exact) mass is 380 g/mol. The Labute approximate surface area is 140 Å². The van der Waals surface area contributed by atoms with E-state index >= 15 is 0 Å². The van der Waals surface area contributed by atoms with Crippen molar-refractivity contribution >= 4 is 34.2 Å². The van der Waals surface area contributed by atoms with E-state index in [0.29, 0.717) is 13.1 Å². The maximum atomic E-state index is 11.6. The molecule has 0 spiro atoms. The number of benzene rings is 1. The van der Waals surface area contributed by atoms with Gasteiger partial charge in [-0.15, -0.1) is 12.4 Å². The molecule has 0 aliphatic heterocycles. The minimum atomic E-state index is -0.329. The van der Waals surface area contributed by atoms with Gasteiger partial charge in [-0.1, -0.05) is 28.1 Å². The van der Waals surface area contributed by atoms with Crippen LogP contribution in [0, 0.1) is 0 Å². The highest BCUT2D eigenvalue weighted by Gasteiger charge is 2.06. The maximum Gasteiger partial charge on any atom is 0.233 e. The maximum absolute atomic E-state index is 11.6. The van der Waals surface area contributed by atoms with Crippen LogP contribution in [-0.4, -0.2) is 46.1 Å². The Bertz CT molecular complexity index is 417. The fraction of sp³-hybridized carbons (Fsp3) is 0.500. The standard InChI is InChI=1S/C14H21BrN2O3.ClH/c1-19-14(20-2)10-16-9-13(18)17-7-6-11-4-3-5-12(15)8-11;/h3-5,8,14,16H,6-7,9-10H2,1-2H3,(H,17,18);1H. The predicted octanol–water partition coefficient (Wildman–Crippen LogP) is 1.74. The molecule has 0 radical (unpaired) electrons. The number of nitrogens with one attached hydrogen (secondary N) is 2. The van der Waals surface area contributed by atoms with Crippen LogP contribution in [0.3, 0.4) is 0 Å². The van der Waals surface area contributed by atoms with E-state index in [1.54, 1.807) is 14.2 Å². The molecule has 0 aliphatic rings. The molecule has 21 heavy (non-hydrogen) atoms. The predicted molar refractivity (Wildman–Crippen MR) is 88.8 cm³/mol. The van der Waals surface area contributed by atoms with Crippen molar-refractivity contribution in [3.8, 4) is 0 Å². The second-order valence-electron chi connectivity index (χ2n) is 4.26. The number of rotatable bonds is 9. The fourth-order valence-electron chi connectivity index (χ4n) is 1.67. The highest BCUT2D eigenvalue weighted by Crippen LogP contribution is 2.11. The number of halogens is 2. The molecular formula is C14H22BrClN2O3. The van der Waals surface area contributed by atoms with Gasteiger partial charge >= 0.3 is 0 Å². The van der Waals surface area contributed by atoms with Crippen molar-refractivity contribution in [2.45, 2.75) is 12.7 Å². The fourth-order valence-corrected chi connectivity index (χ4v) is 2.11. The van der Waals surface area contributed by atoms with Gasteiger partial charge < -0.3 is 20.1 Å². The second-order valence-corrected chi connectivity index (χ2v) is 5.18. The largest absolute Gasteiger partial charge is 0.355 e. The van der Waals surface area contributed by atoms with Gasteiger partial charge in [0.25, 0.3) is 0 Å². The average Bonchev–Trinajstić information content (AvgIpc) is 2.44. The summed E-state index contributed by atoms with van der Waals surface area (Å²) in [6.45, 7) is 1.35. The van der Waals surface area contributed by atoms with E-state index in [4.69, 9.17) is 9.47 Å². The lowest BCUT2D eigenvalue weighted by Gasteiger charge is -2.13. The Morgan fingerprint density at radius 1 is 1.33 bits per heavy atom. The van der Waals surface area contributed by atoms with E-state index in [9.17, 15) is 4.79 Å². The quantitative estimate of drug-likeness (QED) is 0.640. The smallest absolute Gasteiger partial charge is 0.233 e. The van der Waals surface area contributed by atoms with Crippen LogP contribution in [0.5, 0.6) is 0 Å². The Kier molecular flexibility index (Phi) is 11.6. The van der Waals surface area contributed by atoms with E-state index in [2.05, 4.69) is 26.6 Å². The molecule has 5 nitrogen and oxygen atoms in total.